The first kappa shape index (κ1) is 9.90. The second-order valence-electron chi connectivity index (χ2n) is 4.05. The van der Waals surface area contributed by atoms with Crippen LogP contribution >= 0.6 is 0 Å². The second-order valence-corrected chi connectivity index (χ2v) is 4.05. The van der Waals surface area contributed by atoms with Crippen LogP contribution in [0, 0.1) is 0 Å². The van der Waals surface area contributed by atoms with Crippen LogP contribution in [-0.2, 0) is 4.79 Å². The van der Waals surface area contributed by atoms with Crippen LogP contribution in [-0.4, -0.2) is 22.5 Å². The fourth-order valence-electron chi connectivity index (χ4n) is 2.17. The maximum Gasteiger partial charge on any atom is 0.337 e. The van der Waals surface area contributed by atoms with Crippen molar-refractivity contribution in [3.63, 3.8) is 0 Å². The Labute approximate surface area is 98.3 Å². The molecule has 0 aliphatic carbocycles. The lowest BCUT2D eigenvalue weighted by molar-refractivity contribution is -0.132. The van der Waals surface area contributed by atoms with Crippen molar-refractivity contribution in [2.45, 2.75) is 0 Å². The van der Waals surface area contributed by atoms with Gasteiger partial charge < -0.3 is 10.0 Å². The van der Waals surface area contributed by atoms with Crippen molar-refractivity contribution < 1.29 is 9.90 Å². The van der Waals surface area contributed by atoms with E-state index < -0.39 is 5.97 Å². The van der Waals surface area contributed by atoms with Gasteiger partial charge in [-0.15, -0.1) is 0 Å². The molecule has 0 aromatic heterocycles. The van der Waals surface area contributed by atoms with E-state index in [1.165, 1.54) is 0 Å². The third-order valence-corrected chi connectivity index (χ3v) is 3.02. The van der Waals surface area contributed by atoms with Crippen molar-refractivity contribution in [1.82, 2.24) is 4.90 Å². The van der Waals surface area contributed by atoms with Gasteiger partial charge in [-0.25, -0.2) is 4.79 Å². The zero-order chi connectivity index (χ0) is 11.8. The fraction of sp³-hybridized carbons (Fsp3) is 0.0714. The third-order valence-electron chi connectivity index (χ3n) is 3.02. The van der Waals surface area contributed by atoms with Crippen LogP contribution in [0.25, 0.3) is 12.3 Å². The lowest BCUT2D eigenvalue weighted by Gasteiger charge is -2.14. The number of carbonyl (C=O) groups is 1. The Balaban J connectivity index is 2.17. The Kier molecular flexibility index (Phi) is 2.11. The van der Waals surface area contributed by atoms with Crippen LogP contribution in [0.3, 0.4) is 0 Å². The van der Waals surface area contributed by atoms with E-state index in [1.807, 2.05) is 47.5 Å². The van der Waals surface area contributed by atoms with E-state index >= 15 is 0 Å². The van der Waals surface area contributed by atoms with Crippen molar-refractivity contribution in [1.29, 1.82) is 0 Å². The summed E-state index contributed by atoms with van der Waals surface area (Å²) >= 11 is 0. The normalized spacial score (nSPS) is 16.8. The molecular formula is C14H11NO2. The molecule has 0 amide bonds. The van der Waals surface area contributed by atoms with E-state index in [9.17, 15) is 4.79 Å². The molecule has 3 rings (SSSR count). The summed E-state index contributed by atoms with van der Waals surface area (Å²) in [5.74, 6) is -0.869. The monoisotopic (exact) mass is 225 g/mol. The Hall–Kier alpha value is -2.29. The number of allylic oxidation sites excluding steroid dienone is 1. The third kappa shape index (κ3) is 1.56. The van der Waals surface area contributed by atoms with Gasteiger partial charge in [0.25, 0.3) is 0 Å². The van der Waals surface area contributed by atoms with Gasteiger partial charge in [0.15, 0.2) is 0 Å². The SMILES string of the molecule is O=C(O)C1=CCN2C=c3ccccc3=CC=C12. The average molecular weight is 225 g/mol. The van der Waals surface area contributed by atoms with Gasteiger partial charge in [0, 0.05) is 12.7 Å². The molecule has 0 saturated carbocycles. The van der Waals surface area contributed by atoms with Crippen LogP contribution < -0.4 is 10.4 Å². The van der Waals surface area contributed by atoms with Crippen LogP contribution in [0.2, 0.25) is 0 Å². The van der Waals surface area contributed by atoms with Gasteiger partial charge in [0.2, 0.25) is 0 Å². The molecule has 0 spiro atoms. The van der Waals surface area contributed by atoms with Gasteiger partial charge in [-0.2, -0.15) is 0 Å². The van der Waals surface area contributed by atoms with Gasteiger partial charge >= 0.3 is 5.97 Å². The van der Waals surface area contributed by atoms with E-state index in [1.54, 1.807) is 6.08 Å². The van der Waals surface area contributed by atoms with Gasteiger partial charge in [-0.1, -0.05) is 30.3 Å². The summed E-state index contributed by atoms with van der Waals surface area (Å²) in [5, 5.41) is 11.3. The molecule has 0 bridgehead atoms. The lowest BCUT2D eigenvalue weighted by atomic mass is 10.2. The summed E-state index contributed by atoms with van der Waals surface area (Å²) in [5.41, 5.74) is 1.14. The molecule has 3 nitrogen and oxygen atoms in total. The standard InChI is InChI=1S/C14H11NO2/c16-14(17)12-7-8-15-9-11-4-2-1-3-10(11)5-6-13(12)15/h1-7,9H,8H2,(H,16,17). The zero-order valence-electron chi connectivity index (χ0n) is 9.13. The highest BCUT2D eigenvalue weighted by Crippen LogP contribution is 2.23. The topological polar surface area (TPSA) is 40.5 Å². The highest BCUT2D eigenvalue weighted by atomic mass is 16.4. The maximum absolute atomic E-state index is 11.1. The van der Waals surface area contributed by atoms with Gasteiger partial charge in [0.05, 0.1) is 11.3 Å². The molecule has 84 valence electrons. The predicted molar refractivity (Wildman–Crippen MR) is 65.1 cm³/mol. The average Bonchev–Trinajstić information content (AvgIpc) is 2.63. The number of carboxylic acids is 1. The molecule has 2 aliphatic heterocycles. The number of aliphatic carboxylic acids is 1. The smallest absolute Gasteiger partial charge is 0.337 e. The van der Waals surface area contributed by atoms with Gasteiger partial charge in [-0.3, -0.25) is 0 Å². The van der Waals surface area contributed by atoms with E-state index in [-0.39, 0.29) is 0 Å². The first-order valence-electron chi connectivity index (χ1n) is 5.45. The van der Waals surface area contributed by atoms with Crippen LogP contribution in [0.15, 0.2) is 47.7 Å². The fourth-order valence-corrected chi connectivity index (χ4v) is 2.17. The van der Waals surface area contributed by atoms with Crippen molar-refractivity contribution in [2.24, 2.45) is 0 Å². The number of hydrogen-bond donors (Lipinski definition) is 1. The number of rotatable bonds is 1. The first-order chi connectivity index (χ1) is 8.25. The summed E-state index contributed by atoms with van der Waals surface area (Å²) in [6.07, 6.45) is 7.57. The Morgan fingerprint density at radius 3 is 2.71 bits per heavy atom. The van der Waals surface area contributed by atoms with Crippen LogP contribution in [0.4, 0.5) is 0 Å². The molecule has 0 saturated heterocycles. The van der Waals surface area contributed by atoms with Crippen LogP contribution in [0.5, 0.6) is 0 Å². The minimum absolute atomic E-state index is 0.380. The van der Waals surface area contributed by atoms with Crippen molar-refractivity contribution in [3.05, 3.63) is 58.1 Å². The second kappa shape index (κ2) is 3.63. The summed E-state index contributed by atoms with van der Waals surface area (Å²) in [7, 11) is 0. The highest BCUT2D eigenvalue weighted by Gasteiger charge is 2.23. The Bertz CT molecular complexity index is 668. The highest BCUT2D eigenvalue weighted by molar-refractivity contribution is 5.93. The molecule has 2 aliphatic rings. The van der Waals surface area contributed by atoms with Gasteiger partial charge in [-0.05, 0) is 22.6 Å². The van der Waals surface area contributed by atoms with Gasteiger partial charge in [0.1, 0.15) is 0 Å². The molecule has 0 fully saturated rings. The molecule has 1 aromatic rings. The minimum atomic E-state index is -0.869. The quantitative estimate of drug-likeness (QED) is 0.753. The summed E-state index contributed by atoms with van der Waals surface area (Å²) in [6, 6.07) is 8.01. The van der Waals surface area contributed by atoms with E-state index in [0.29, 0.717) is 12.1 Å². The predicted octanol–water partition coefficient (Wildman–Crippen LogP) is 0.429. The number of fused-ring (bicyclic) bond motifs is 2. The summed E-state index contributed by atoms with van der Waals surface area (Å²) < 4.78 is 0. The molecule has 2 heterocycles. The Morgan fingerprint density at radius 1 is 1.18 bits per heavy atom. The number of carboxylic acid groups (broad SMARTS) is 1. The summed E-state index contributed by atoms with van der Waals surface area (Å²) in [6.45, 7) is 0.621. The number of benzene rings is 1. The molecular weight excluding hydrogens is 214 g/mol. The molecule has 17 heavy (non-hydrogen) atoms. The molecule has 3 heteroatoms. The van der Waals surface area contributed by atoms with Crippen molar-refractivity contribution >= 4 is 18.2 Å². The largest absolute Gasteiger partial charge is 0.478 e. The lowest BCUT2D eigenvalue weighted by Crippen LogP contribution is -2.26. The number of hydrogen-bond acceptors (Lipinski definition) is 2. The molecule has 0 radical (unpaired) electrons. The molecule has 0 atom stereocenters. The zero-order valence-corrected chi connectivity index (χ0v) is 9.13. The first-order valence-corrected chi connectivity index (χ1v) is 5.45. The molecule has 1 aromatic carbocycles. The van der Waals surface area contributed by atoms with Crippen molar-refractivity contribution in [3.8, 4) is 0 Å². The number of nitrogens with zero attached hydrogens (tertiary/aromatic N) is 1. The molecule has 0 unspecified atom stereocenters. The van der Waals surface area contributed by atoms with E-state index in [2.05, 4.69) is 0 Å². The van der Waals surface area contributed by atoms with E-state index in [0.717, 1.165) is 16.1 Å². The Morgan fingerprint density at radius 2 is 1.94 bits per heavy atom. The maximum atomic E-state index is 11.1. The minimum Gasteiger partial charge on any atom is -0.478 e. The van der Waals surface area contributed by atoms with Crippen molar-refractivity contribution in [2.75, 3.05) is 6.54 Å². The van der Waals surface area contributed by atoms with E-state index in [4.69, 9.17) is 5.11 Å². The van der Waals surface area contributed by atoms with Crippen LogP contribution in [0.1, 0.15) is 0 Å². The summed E-state index contributed by atoms with van der Waals surface area (Å²) in [4.78, 5) is 13.0. The molecule has 1 N–H and O–H groups in total.